The average Bonchev–Trinajstić information content (AvgIpc) is 2.72. The maximum absolute atomic E-state index is 11.2. The number of nitro benzene ring substituents is 1. The number of rotatable bonds is 6. The molecular weight excluding hydrogens is 344 g/mol. The molecule has 0 aliphatic rings. The molecule has 3 aromatic carbocycles. The van der Waals surface area contributed by atoms with Gasteiger partial charge in [0.1, 0.15) is 12.4 Å². The van der Waals surface area contributed by atoms with Gasteiger partial charge in [-0.2, -0.15) is 5.26 Å². The molecule has 0 spiro atoms. The summed E-state index contributed by atoms with van der Waals surface area (Å²) in [5, 5.41) is 20.4. The fraction of sp³-hybridized carbons (Fsp3) is 0.0952. The van der Waals surface area contributed by atoms with E-state index < -0.39 is 4.92 Å². The first-order valence-electron chi connectivity index (χ1n) is 8.16. The molecule has 6 nitrogen and oxygen atoms in total. The van der Waals surface area contributed by atoms with E-state index in [-0.39, 0.29) is 18.0 Å². The molecule has 134 valence electrons. The lowest BCUT2D eigenvalue weighted by molar-refractivity contribution is -0.386. The van der Waals surface area contributed by atoms with E-state index in [9.17, 15) is 15.4 Å². The first-order valence-corrected chi connectivity index (χ1v) is 8.16. The summed E-state index contributed by atoms with van der Waals surface area (Å²) in [6.45, 7) is 0.188. The number of hydrogen-bond donors (Lipinski definition) is 0. The van der Waals surface area contributed by atoms with Crippen LogP contribution in [0.4, 0.5) is 5.69 Å². The van der Waals surface area contributed by atoms with Gasteiger partial charge in [-0.3, -0.25) is 10.1 Å². The fourth-order valence-electron chi connectivity index (χ4n) is 2.66. The molecule has 0 atom stereocenters. The summed E-state index contributed by atoms with van der Waals surface area (Å²) in [7, 11) is 1.45. The monoisotopic (exact) mass is 360 g/mol. The Morgan fingerprint density at radius 3 is 2.48 bits per heavy atom. The molecule has 0 heterocycles. The van der Waals surface area contributed by atoms with Crippen LogP contribution < -0.4 is 9.47 Å². The van der Waals surface area contributed by atoms with E-state index in [1.54, 1.807) is 12.1 Å². The van der Waals surface area contributed by atoms with Crippen molar-refractivity contribution in [3.63, 3.8) is 0 Å². The zero-order valence-corrected chi connectivity index (χ0v) is 14.6. The van der Waals surface area contributed by atoms with Gasteiger partial charge in [0.15, 0.2) is 5.75 Å². The number of methoxy groups -OCH3 is 1. The molecule has 0 saturated carbocycles. The zero-order chi connectivity index (χ0) is 19.2. The Labute approximate surface area is 156 Å². The molecule has 0 saturated heterocycles. The molecule has 0 radical (unpaired) electrons. The third-order valence-electron chi connectivity index (χ3n) is 4.07. The number of hydrogen-bond acceptors (Lipinski definition) is 5. The smallest absolute Gasteiger partial charge is 0.314 e. The Morgan fingerprint density at radius 2 is 1.81 bits per heavy atom. The lowest BCUT2D eigenvalue weighted by Gasteiger charge is -2.09. The van der Waals surface area contributed by atoms with Gasteiger partial charge >= 0.3 is 5.69 Å². The van der Waals surface area contributed by atoms with Crippen LogP contribution in [-0.2, 0) is 6.61 Å². The van der Waals surface area contributed by atoms with Crippen LogP contribution in [0.5, 0.6) is 11.5 Å². The molecular formula is C21H16N2O4. The highest BCUT2D eigenvalue weighted by Crippen LogP contribution is 2.32. The van der Waals surface area contributed by atoms with E-state index in [1.807, 2.05) is 42.5 Å². The second-order valence-electron chi connectivity index (χ2n) is 5.73. The maximum atomic E-state index is 11.2. The van der Waals surface area contributed by atoms with Crippen LogP contribution in [-0.4, -0.2) is 12.0 Å². The second kappa shape index (κ2) is 8.02. The molecule has 3 rings (SSSR count). The highest BCUT2D eigenvalue weighted by Gasteiger charge is 2.16. The molecule has 0 aliphatic carbocycles. The molecule has 3 aromatic rings. The van der Waals surface area contributed by atoms with Crippen molar-refractivity contribution in [2.75, 3.05) is 7.11 Å². The van der Waals surface area contributed by atoms with Crippen molar-refractivity contribution in [2.24, 2.45) is 0 Å². The van der Waals surface area contributed by atoms with Gasteiger partial charge in [-0.25, -0.2) is 0 Å². The zero-order valence-electron chi connectivity index (χ0n) is 14.6. The van der Waals surface area contributed by atoms with Crippen LogP contribution in [0, 0.1) is 21.4 Å². The highest BCUT2D eigenvalue weighted by atomic mass is 16.6. The molecule has 27 heavy (non-hydrogen) atoms. The summed E-state index contributed by atoms with van der Waals surface area (Å²) in [4.78, 5) is 10.7. The quantitative estimate of drug-likeness (QED) is 0.469. The Kier molecular flexibility index (Phi) is 5.33. The van der Waals surface area contributed by atoms with Crippen molar-refractivity contribution >= 4 is 5.69 Å². The minimum Gasteiger partial charge on any atom is -0.496 e. The van der Waals surface area contributed by atoms with Crippen LogP contribution in [0.25, 0.3) is 11.1 Å². The predicted octanol–water partition coefficient (Wildman–Crippen LogP) is 4.72. The van der Waals surface area contributed by atoms with Gasteiger partial charge < -0.3 is 9.47 Å². The molecule has 6 heteroatoms. The van der Waals surface area contributed by atoms with Gasteiger partial charge in [0, 0.05) is 0 Å². The van der Waals surface area contributed by atoms with E-state index in [4.69, 9.17) is 9.47 Å². The maximum Gasteiger partial charge on any atom is 0.314 e. The van der Waals surface area contributed by atoms with Crippen molar-refractivity contribution < 1.29 is 14.4 Å². The molecule has 0 amide bonds. The Hall–Kier alpha value is -3.85. The summed E-state index contributed by atoms with van der Waals surface area (Å²) in [6, 6.07) is 21.6. The Balaban J connectivity index is 1.77. The van der Waals surface area contributed by atoms with Crippen LogP contribution in [0.3, 0.4) is 0 Å². The molecule has 0 aromatic heterocycles. The van der Waals surface area contributed by atoms with E-state index in [2.05, 4.69) is 6.07 Å². The van der Waals surface area contributed by atoms with Crippen molar-refractivity contribution in [2.45, 2.75) is 6.61 Å². The van der Waals surface area contributed by atoms with Crippen molar-refractivity contribution in [3.8, 4) is 28.7 Å². The lowest BCUT2D eigenvalue weighted by atomic mass is 9.99. The molecule has 0 fully saturated rings. The van der Waals surface area contributed by atoms with Gasteiger partial charge in [0.2, 0.25) is 0 Å². The predicted molar refractivity (Wildman–Crippen MR) is 101 cm³/mol. The molecule has 0 N–H and O–H groups in total. The number of nitro groups is 1. The van der Waals surface area contributed by atoms with Crippen molar-refractivity contribution in [3.05, 3.63) is 88.0 Å². The summed E-state index contributed by atoms with van der Waals surface area (Å²) < 4.78 is 10.6. The van der Waals surface area contributed by atoms with Crippen molar-refractivity contribution in [1.82, 2.24) is 0 Å². The fourth-order valence-corrected chi connectivity index (χ4v) is 2.66. The highest BCUT2D eigenvalue weighted by molar-refractivity contribution is 5.70. The van der Waals surface area contributed by atoms with Gasteiger partial charge in [-0.15, -0.1) is 0 Å². The third-order valence-corrected chi connectivity index (χ3v) is 4.07. The van der Waals surface area contributed by atoms with E-state index in [0.717, 1.165) is 16.7 Å². The van der Waals surface area contributed by atoms with E-state index in [1.165, 1.54) is 19.2 Å². The minimum absolute atomic E-state index is 0.145. The van der Waals surface area contributed by atoms with Crippen LogP contribution in [0.1, 0.15) is 11.1 Å². The van der Waals surface area contributed by atoms with Gasteiger partial charge in [0.25, 0.3) is 0 Å². The molecule has 0 aliphatic heterocycles. The van der Waals surface area contributed by atoms with E-state index in [0.29, 0.717) is 11.3 Å². The van der Waals surface area contributed by atoms with Crippen LogP contribution in [0.2, 0.25) is 0 Å². The van der Waals surface area contributed by atoms with Crippen LogP contribution >= 0.6 is 0 Å². The summed E-state index contributed by atoms with van der Waals surface area (Å²) >= 11 is 0. The first kappa shape index (κ1) is 18.0. The summed E-state index contributed by atoms with van der Waals surface area (Å²) in [6.07, 6.45) is 0. The summed E-state index contributed by atoms with van der Waals surface area (Å²) in [5.41, 5.74) is 3.10. The standard InChI is InChI=1S/C21H16N2O4/c1-26-18-10-11-21(20(12-18)23(24)25)27-14-15-6-8-16(9-7-15)19-5-3-2-4-17(19)13-22/h2-12H,14H2,1H3. The number of nitriles is 1. The molecule has 0 bridgehead atoms. The van der Waals surface area contributed by atoms with Crippen molar-refractivity contribution in [1.29, 1.82) is 5.26 Å². The normalized spacial score (nSPS) is 10.1. The molecule has 0 unspecified atom stereocenters. The minimum atomic E-state index is -0.500. The summed E-state index contributed by atoms with van der Waals surface area (Å²) in [5.74, 6) is 0.578. The first-order chi connectivity index (χ1) is 13.1. The van der Waals surface area contributed by atoms with Gasteiger partial charge in [-0.05, 0) is 34.9 Å². The largest absolute Gasteiger partial charge is 0.496 e. The number of benzene rings is 3. The Bertz CT molecular complexity index is 1010. The lowest BCUT2D eigenvalue weighted by Crippen LogP contribution is -1.99. The topological polar surface area (TPSA) is 85.4 Å². The van der Waals surface area contributed by atoms with Gasteiger partial charge in [-0.1, -0.05) is 42.5 Å². The Morgan fingerprint density at radius 1 is 1.07 bits per heavy atom. The van der Waals surface area contributed by atoms with Gasteiger partial charge in [0.05, 0.1) is 29.7 Å². The van der Waals surface area contributed by atoms with E-state index >= 15 is 0 Å². The SMILES string of the molecule is COc1ccc(OCc2ccc(-c3ccccc3C#N)cc2)c([N+](=O)[O-])c1. The van der Waals surface area contributed by atoms with Crippen LogP contribution in [0.15, 0.2) is 66.7 Å². The number of ether oxygens (including phenoxy) is 2. The average molecular weight is 360 g/mol. The second-order valence-corrected chi connectivity index (χ2v) is 5.73. The third kappa shape index (κ3) is 4.05. The number of nitrogens with zero attached hydrogens (tertiary/aromatic N) is 2.